The molecule has 1 aliphatic carbocycles. The third-order valence-corrected chi connectivity index (χ3v) is 15.3. The first-order valence-corrected chi connectivity index (χ1v) is 21.9. The summed E-state index contributed by atoms with van der Waals surface area (Å²) in [6.07, 6.45) is 19.1. The van der Waals surface area contributed by atoms with E-state index in [1.807, 2.05) is 0 Å². The second-order valence-corrected chi connectivity index (χ2v) is 20.5. The fraction of sp³-hybridized carbons (Fsp3) is 0.895. The summed E-state index contributed by atoms with van der Waals surface area (Å²) in [7, 11) is -2.25. The molecular formula is C38H68O8Si. The van der Waals surface area contributed by atoms with Crippen molar-refractivity contribution >= 4 is 20.1 Å². The van der Waals surface area contributed by atoms with E-state index in [2.05, 4.69) is 52.9 Å². The first-order valence-electron chi connectivity index (χ1n) is 19.0. The number of ether oxygens (including phenoxy) is 4. The zero-order valence-electron chi connectivity index (χ0n) is 30.6. The number of rotatable bonds is 21. The van der Waals surface area contributed by atoms with E-state index in [1.165, 1.54) is 0 Å². The number of unbranched alkanes of at least 4 members (excludes halogenated alkanes) is 5. The molecule has 0 bridgehead atoms. The minimum atomic E-state index is -2.25. The minimum absolute atomic E-state index is 0.000175. The standard InChI is InChI=1S/C38H68O8Si/c1-7-8-13-20-29(39)27-33(46-47(5,6)38(2,3)4)37-30(21-14-11-9-10-12-15-22-34(40)41)31(44-35-23-16-18-25-42-35)28-32(37)45-36-24-17-19-26-43-36/h11,14,30-33,35-37H,7-10,12-13,15-28H2,1-6H3,(H,40,41)/b14-11-/t30-,31-,32+,33?,35?,36?,37+/m0/s1. The number of carboxylic acids is 1. The van der Waals surface area contributed by atoms with Crippen molar-refractivity contribution in [2.24, 2.45) is 11.8 Å². The topological polar surface area (TPSA) is 101 Å². The Morgan fingerprint density at radius 1 is 0.872 bits per heavy atom. The highest BCUT2D eigenvalue weighted by atomic mass is 28.4. The molecule has 0 radical (unpaired) electrons. The summed E-state index contributed by atoms with van der Waals surface area (Å²) < 4.78 is 33.2. The van der Waals surface area contributed by atoms with Gasteiger partial charge in [0.05, 0.1) is 18.3 Å². The molecule has 0 aromatic rings. The second kappa shape index (κ2) is 20.5. The number of carbonyl (C=O) groups is 2. The van der Waals surface area contributed by atoms with E-state index in [1.54, 1.807) is 0 Å². The van der Waals surface area contributed by atoms with E-state index < -0.39 is 14.3 Å². The molecule has 3 fully saturated rings. The zero-order valence-corrected chi connectivity index (χ0v) is 31.6. The third kappa shape index (κ3) is 14.0. The molecule has 3 rings (SSSR count). The van der Waals surface area contributed by atoms with Crippen molar-refractivity contribution in [2.75, 3.05) is 13.2 Å². The maximum absolute atomic E-state index is 13.6. The summed E-state index contributed by atoms with van der Waals surface area (Å²) in [6.45, 7) is 15.0. The van der Waals surface area contributed by atoms with Crippen molar-refractivity contribution in [3.63, 3.8) is 0 Å². The molecule has 2 aliphatic heterocycles. The van der Waals surface area contributed by atoms with Crippen LogP contribution in [0.5, 0.6) is 0 Å². The number of allylic oxidation sites excluding steroid dienone is 2. The van der Waals surface area contributed by atoms with Gasteiger partial charge in [-0.05, 0) is 94.7 Å². The molecule has 3 unspecified atom stereocenters. The summed E-state index contributed by atoms with van der Waals surface area (Å²) in [4.78, 5) is 24.5. The zero-order chi connectivity index (χ0) is 34.3. The van der Waals surface area contributed by atoms with Crippen LogP contribution in [0.4, 0.5) is 0 Å². The van der Waals surface area contributed by atoms with Crippen molar-refractivity contribution in [2.45, 2.75) is 192 Å². The van der Waals surface area contributed by atoms with Crippen molar-refractivity contribution in [1.82, 2.24) is 0 Å². The summed E-state index contributed by atoms with van der Waals surface area (Å²) in [5.74, 6) is -0.353. The molecule has 7 atom stereocenters. The van der Waals surface area contributed by atoms with Crippen LogP contribution in [0.15, 0.2) is 12.2 Å². The van der Waals surface area contributed by atoms with Crippen molar-refractivity contribution in [1.29, 1.82) is 0 Å². The highest BCUT2D eigenvalue weighted by Gasteiger charge is 2.52. The molecule has 47 heavy (non-hydrogen) atoms. The van der Waals surface area contributed by atoms with Gasteiger partial charge in [0, 0.05) is 44.8 Å². The largest absolute Gasteiger partial charge is 0.481 e. The molecule has 3 aliphatic rings. The number of Topliss-reactive ketones (excluding diaryl/α,β-unsaturated/α-hetero) is 1. The van der Waals surface area contributed by atoms with Gasteiger partial charge < -0.3 is 28.5 Å². The fourth-order valence-electron chi connectivity index (χ4n) is 7.03. The van der Waals surface area contributed by atoms with Crippen LogP contribution < -0.4 is 0 Å². The Morgan fingerprint density at radius 3 is 2.09 bits per heavy atom. The van der Waals surface area contributed by atoms with Crippen molar-refractivity contribution in [3.05, 3.63) is 12.2 Å². The van der Waals surface area contributed by atoms with Gasteiger partial charge in [-0.2, -0.15) is 0 Å². The smallest absolute Gasteiger partial charge is 0.303 e. The van der Waals surface area contributed by atoms with Crippen LogP contribution in [0.3, 0.4) is 0 Å². The van der Waals surface area contributed by atoms with Crippen LogP contribution in [0.1, 0.15) is 143 Å². The van der Waals surface area contributed by atoms with Crippen molar-refractivity contribution in [3.8, 4) is 0 Å². The van der Waals surface area contributed by atoms with E-state index >= 15 is 0 Å². The van der Waals surface area contributed by atoms with Gasteiger partial charge in [-0.15, -0.1) is 0 Å². The molecule has 1 saturated carbocycles. The molecule has 1 N–H and O–H groups in total. The van der Waals surface area contributed by atoms with Gasteiger partial charge in [0.2, 0.25) is 0 Å². The van der Waals surface area contributed by atoms with Gasteiger partial charge in [0.15, 0.2) is 20.9 Å². The first kappa shape index (κ1) is 40.3. The van der Waals surface area contributed by atoms with Gasteiger partial charge in [0.1, 0.15) is 5.78 Å². The number of ketones is 1. The van der Waals surface area contributed by atoms with Gasteiger partial charge in [-0.3, -0.25) is 9.59 Å². The predicted molar refractivity (Wildman–Crippen MR) is 189 cm³/mol. The quantitative estimate of drug-likeness (QED) is 0.0727. The number of carboxylic acid groups (broad SMARTS) is 1. The van der Waals surface area contributed by atoms with Crippen LogP contribution in [-0.2, 0) is 33.0 Å². The van der Waals surface area contributed by atoms with Gasteiger partial charge in [-0.25, -0.2) is 0 Å². The molecule has 0 amide bonds. The maximum atomic E-state index is 13.6. The number of hydrogen-bond donors (Lipinski definition) is 1. The van der Waals surface area contributed by atoms with E-state index in [4.69, 9.17) is 28.5 Å². The predicted octanol–water partition coefficient (Wildman–Crippen LogP) is 9.36. The Kier molecular flexibility index (Phi) is 17.6. The summed E-state index contributed by atoms with van der Waals surface area (Å²) >= 11 is 0. The molecule has 8 nitrogen and oxygen atoms in total. The molecule has 2 heterocycles. The van der Waals surface area contributed by atoms with Crippen molar-refractivity contribution < 1.29 is 38.1 Å². The molecular weight excluding hydrogens is 612 g/mol. The average Bonchev–Trinajstić information content (AvgIpc) is 3.34. The molecule has 0 aromatic heterocycles. The van der Waals surface area contributed by atoms with Gasteiger partial charge in [-0.1, -0.05) is 59.1 Å². The highest BCUT2D eigenvalue weighted by molar-refractivity contribution is 6.74. The van der Waals surface area contributed by atoms with Crippen LogP contribution in [0.2, 0.25) is 18.1 Å². The minimum Gasteiger partial charge on any atom is -0.481 e. The molecule has 272 valence electrons. The lowest BCUT2D eigenvalue weighted by atomic mass is 9.83. The number of carbonyl (C=O) groups excluding carboxylic acids is 1. The highest BCUT2D eigenvalue weighted by Crippen LogP contribution is 2.47. The first-order chi connectivity index (χ1) is 22.4. The van der Waals surface area contributed by atoms with E-state index in [9.17, 15) is 9.59 Å². The van der Waals surface area contributed by atoms with Crippen LogP contribution in [0.25, 0.3) is 0 Å². The summed E-state index contributed by atoms with van der Waals surface area (Å²) in [5, 5.41) is 8.95. The summed E-state index contributed by atoms with van der Waals surface area (Å²) in [6, 6.07) is 0. The van der Waals surface area contributed by atoms with Crippen LogP contribution in [0, 0.1) is 11.8 Å². The third-order valence-electron chi connectivity index (χ3n) is 10.8. The Balaban J connectivity index is 1.91. The summed E-state index contributed by atoms with van der Waals surface area (Å²) in [5.41, 5.74) is 0. The molecule has 0 spiro atoms. The normalized spacial score (nSPS) is 28.1. The van der Waals surface area contributed by atoms with Gasteiger partial charge in [0.25, 0.3) is 0 Å². The Labute approximate surface area is 287 Å². The Morgan fingerprint density at radius 2 is 1.51 bits per heavy atom. The number of aliphatic carboxylic acids is 1. The lowest BCUT2D eigenvalue weighted by Gasteiger charge is -2.43. The van der Waals surface area contributed by atoms with Gasteiger partial charge >= 0.3 is 5.97 Å². The molecule has 9 heteroatoms. The lowest BCUT2D eigenvalue weighted by molar-refractivity contribution is -0.205. The Bertz CT molecular complexity index is 934. The number of hydrogen-bond acceptors (Lipinski definition) is 7. The SMILES string of the molecule is CCCCCC(=O)CC(O[Si](C)(C)C(C)(C)C)[C@@H]1[C@@H](C/C=C\CCCCCC(=O)O)[C@@H](OC2CCCCO2)C[C@H]1OC1CCCCO1. The second-order valence-electron chi connectivity index (χ2n) is 15.7. The van der Waals surface area contributed by atoms with E-state index in [-0.39, 0.29) is 60.0 Å². The van der Waals surface area contributed by atoms with Crippen LogP contribution in [-0.4, -0.2) is 69.3 Å². The Hall–Kier alpha value is -1.10. The van der Waals surface area contributed by atoms with E-state index in [0.717, 1.165) is 103 Å². The lowest BCUT2D eigenvalue weighted by Crippen LogP contribution is -2.49. The fourth-order valence-corrected chi connectivity index (χ4v) is 8.39. The maximum Gasteiger partial charge on any atom is 0.303 e. The average molecular weight is 681 g/mol. The molecule has 2 saturated heterocycles. The molecule has 0 aromatic carbocycles. The monoisotopic (exact) mass is 680 g/mol. The van der Waals surface area contributed by atoms with Crippen LogP contribution >= 0.6 is 0 Å². The van der Waals surface area contributed by atoms with E-state index in [0.29, 0.717) is 19.3 Å².